The predicted molar refractivity (Wildman–Crippen MR) is 52.7 cm³/mol. The Kier molecular flexibility index (Phi) is 3.82. The lowest BCUT2D eigenvalue weighted by molar-refractivity contribution is -0.118. The number of primary amides is 1. The third-order valence-corrected chi connectivity index (χ3v) is 1.78. The van der Waals surface area contributed by atoms with Crippen LogP contribution in [0.25, 0.3) is 0 Å². The van der Waals surface area contributed by atoms with Crippen molar-refractivity contribution in [3.05, 3.63) is 29.6 Å². The molecule has 3 N–H and O–H groups in total. The Morgan fingerprint density at radius 2 is 2.12 bits per heavy atom. The van der Waals surface area contributed by atoms with Crippen molar-refractivity contribution in [3.63, 3.8) is 0 Å². The van der Waals surface area contributed by atoms with Crippen molar-refractivity contribution < 1.29 is 23.8 Å². The number of benzene rings is 1. The molecular formula is C10H10FNO4. The lowest BCUT2D eigenvalue weighted by Gasteiger charge is -2.07. The monoisotopic (exact) mass is 227 g/mol. The maximum absolute atomic E-state index is 12.8. The molecule has 0 unspecified atom stereocenters. The quantitative estimate of drug-likeness (QED) is 0.777. The molecule has 16 heavy (non-hydrogen) atoms. The second kappa shape index (κ2) is 5.11. The van der Waals surface area contributed by atoms with Gasteiger partial charge in [0.15, 0.2) is 0 Å². The summed E-state index contributed by atoms with van der Waals surface area (Å²) in [4.78, 5) is 21.2. The number of halogens is 1. The van der Waals surface area contributed by atoms with E-state index in [1.54, 1.807) is 0 Å². The van der Waals surface area contributed by atoms with Gasteiger partial charge in [0.25, 0.3) is 0 Å². The van der Waals surface area contributed by atoms with Gasteiger partial charge in [-0.3, -0.25) is 4.79 Å². The summed E-state index contributed by atoms with van der Waals surface area (Å²) in [7, 11) is 0. The highest BCUT2D eigenvalue weighted by atomic mass is 19.1. The van der Waals surface area contributed by atoms with Gasteiger partial charge in [-0.05, 0) is 12.1 Å². The Bertz CT molecular complexity index is 419. The molecule has 0 aromatic heterocycles. The van der Waals surface area contributed by atoms with Crippen molar-refractivity contribution >= 4 is 11.9 Å². The number of ether oxygens (including phenoxy) is 1. The summed E-state index contributed by atoms with van der Waals surface area (Å²) in [6, 6.07) is 3.06. The first kappa shape index (κ1) is 12.0. The average molecular weight is 227 g/mol. The minimum absolute atomic E-state index is 0.0599. The molecule has 0 saturated heterocycles. The van der Waals surface area contributed by atoms with Gasteiger partial charge in [0.05, 0.1) is 13.0 Å². The van der Waals surface area contributed by atoms with E-state index >= 15 is 0 Å². The largest absolute Gasteiger partial charge is 0.492 e. The number of rotatable bonds is 5. The Morgan fingerprint density at radius 1 is 1.44 bits per heavy atom. The molecule has 1 amide bonds. The smallest absolute Gasteiger partial charge is 0.339 e. The number of nitrogens with two attached hydrogens (primary N) is 1. The summed E-state index contributed by atoms with van der Waals surface area (Å²) in [5, 5.41) is 8.77. The van der Waals surface area contributed by atoms with Crippen LogP contribution in [0.3, 0.4) is 0 Å². The van der Waals surface area contributed by atoms with E-state index in [0.717, 1.165) is 18.2 Å². The van der Waals surface area contributed by atoms with Crippen LogP contribution in [0, 0.1) is 5.82 Å². The minimum Gasteiger partial charge on any atom is -0.492 e. The van der Waals surface area contributed by atoms with Gasteiger partial charge in [0, 0.05) is 6.07 Å². The molecule has 0 atom stereocenters. The van der Waals surface area contributed by atoms with Crippen LogP contribution in [0.2, 0.25) is 0 Å². The number of hydrogen-bond acceptors (Lipinski definition) is 3. The van der Waals surface area contributed by atoms with Crippen LogP contribution in [-0.2, 0) is 4.79 Å². The lowest BCUT2D eigenvalue weighted by atomic mass is 10.2. The van der Waals surface area contributed by atoms with E-state index in [-0.39, 0.29) is 24.3 Å². The van der Waals surface area contributed by atoms with E-state index < -0.39 is 17.7 Å². The fourth-order valence-corrected chi connectivity index (χ4v) is 1.05. The fourth-order valence-electron chi connectivity index (χ4n) is 1.05. The third kappa shape index (κ3) is 3.23. The van der Waals surface area contributed by atoms with Crippen molar-refractivity contribution in [1.82, 2.24) is 0 Å². The molecule has 1 aromatic rings. The number of carboxylic acids is 1. The summed E-state index contributed by atoms with van der Waals surface area (Å²) in [5.74, 6) is -2.53. The Labute approximate surface area is 90.6 Å². The summed E-state index contributed by atoms with van der Waals surface area (Å²) in [6.07, 6.45) is -0.0599. The topological polar surface area (TPSA) is 89.6 Å². The second-order valence-corrected chi connectivity index (χ2v) is 3.01. The van der Waals surface area contributed by atoms with Crippen LogP contribution in [0.1, 0.15) is 16.8 Å². The summed E-state index contributed by atoms with van der Waals surface area (Å²) in [5.41, 5.74) is 4.71. The van der Waals surface area contributed by atoms with Gasteiger partial charge in [0.2, 0.25) is 5.91 Å². The van der Waals surface area contributed by atoms with Crippen LogP contribution in [-0.4, -0.2) is 23.6 Å². The Morgan fingerprint density at radius 3 is 2.69 bits per heavy atom. The van der Waals surface area contributed by atoms with Crippen molar-refractivity contribution in [1.29, 1.82) is 0 Å². The third-order valence-electron chi connectivity index (χ3n) is 1.78. The maximum atomic E-state index is 12.8. The molecule has 0 aliphatic heterocycles. The zero-order valence-corrected chi connectivity index (χ0v) is 8.27. The van der Waals surface area contributed by atoms with Gasteiger partial charge in [-0.2, -0.15) is 0 Å². The molecule has 0 aliphatic rings. The molecule has 6 heteroatoms. The predicted octanol–water partition coefficient (Wildman–Crippen LogP) is 0.778. The van der Waals surface area contributed by atoms with Gasteiger partial charge < -0.3 is 15.6 Å². The zero-order chi connectivity index (χ0) is 12.1. The summed E-state index contributed by atoms with van der Waals surface area (Å²) in [6.45, 7) is -0.0843. The van der Waals surface area contributed by atoms with E-state index in [1.165, 1.54) is 0 Å². The number of carboxylic acid groups (broad SMARTS) is 1. The second-order valence-electron chi connectivity index (χ2n) is 3.01. The Balaban J connectivity index is 2.80. The molecule has 86 valence electrons. The SMILES string of the molecule is NC(=O)CCOc1cc(F)ccc1C(=O)O. The maximum Gasteiger partial charge on any atom is 0.339 e. The molecule has 0 bridgehead atoms. The number of aromatic carboxylic acids is 1. The highest BCUT2D eigenvalue weighted by Gasteiger charge is 2.12. The average Bonchev–Trinajstić information content (AvgIpc) is 2.16. The lowest BCUT2D eigenvalue weighted by Crippen LogP contribution is -2.15. The van der Waals surface area contributed by atoms with Gasteiger partial charge >= 0.3 is 5.97 Å². The number of carbonyl (C=O) groups is 2. The molecule has 0 saturated carbocycles. The zero-order valence-electron chi connectivity index (χ0n) is 8.27. The molecule has 0 spiro atoms. The van der Waals surface area contributed by atoms with Crippen LogP contribution in [0.4, 0.5) is 4.39 Å². The van der Waals surface area contributed by atoms with Crippen LogP contribution in [0.5, 0.6) is 5.75 Å². The molecule has 1 aromatic carbocycles. The normalized spacial score (nSPS) is 9.81. The van der Waals surface area contributed by atoms with Crippen LogP contribution in [0.15, 0.2) is 18.2 Å². The molecule has 0 aliphatic carbocycles. The number of hydrogen-bond donors (Lipinski definition) is 2. The highest BCUT2D eigenvalue weighted by molar-refractivity contribution is 5.90. The van der Waals surface area contributed by atoms with Crippen LogP contribution >= 0.6 is 0 Å². The highest BCUT2D eigenvalue weighted by Crippen LogP contribution is 2.20. The fraction of sp³-hybridized carbons (Fsp3) is 0.200. The number of amides is 1. The first-order valence-electron chi connectivity index (χ1n) is 4.44. The summed E-state index contributed by atoms with van der Waals surface area (Å²) < 4.78 is 17.8. The van der Waals surface area contributed by atoms with Crippen LogP contribution < -0.4 is 10.5 Å². The van der Waals surface area contributed by atoms with Gasteiger partial charge in [-0.25, -0.2) is 9.18 Å². The van der Waals surface area contributed by atoms with Crippen molar-refractivity contribution in [2.75, 3.05) is 6.61 Å². The summed E-state index contributed by atoms with van der Waals surface area (Å²) >= 11 is 0. The molecular weight excluding hydrogens is 217 g/mol. The molecule has 0 heterocycles. The van der Waals surface area contributed by atoms with Crippen molar-refractivity contribution in [3.8, 4) is 5.75 Å². The van der Waals surface area contributed by atoms with E-state index in [4.69, 9.17) is 15.6 Å². The van der Waals surface area contributed by atoms with Crippen molar-refractivity contribution in [2.24, 2.45) is 5.73 Å². The standard InChI is InChI=1S/C10H10FNO4/c11-6-1-2-7(10(14)15)8(5-6)16-4-3-9(12)13/h1-2,5H,3-4H2,(H2,12,13)(H,14,15). The molecule has 0 fully saturated rings. The van der Waals surface area contributed by atoms with E-state index in [2.05, 4.69) is 0 Å². The number of carbonyl (C=O) groups excluding carboxylic acids is 1. The molecule has 0 radical (unpaired) electrons. The van der Waals surface area contributed by atoms with Gasteiger partial charge in [-0.15, -0.1) is 0 Å². The first-order valence-corrected chi connectivity index (χ1v) is 4.44. The van der Waals surface area contributed by atoms with E-state index in [1.807, 2.05) is 0 Å². The molecule has 5 nitrogen and oxygen atoms in total. The van der Waals surface area contributed by atoms with Crippen molar-refractivity contribution in [2.45, 2.75) is 6.42 Å². The molecule has 1 rings (SSSR count). The van der Waals surface area contributed by atoms with Gasteiger partial charge in [0.1, 0.15) is 17.1 Å². The minimum atomic E-state index is -1.23. The van der Waals surface area contributed by atoms with E-state index in [9.17, 15) is 14.0 Å². The first-order chi connectivity index (χ1) is 7.50. The Hall–Kier alpha value is -2.11. The van der Waals surface area contributed by atoms with E-state index in [0.29, 0.717) is 0 Å². The van der Waals surface area contributed by atoms with Gasteiger partial charge in [-0.1, -0.05) is 0 Å².